The van der Waals surface area contributed by atoms with Gasteiger partial charge in [0.1, 0.15) is 0 Å². The van der Waals surface area contributed by atoms with Crippen LogP contribution in [0.5, 0.6) is 0 Å². The van der Waals surface area contributed by atoms with Crippen molar-refractivity contribution < 1.29 is 4.79 Å². The SMILES string of the molecule is Cc1ccc(C(C)N(C)C(=O)CCN)s1. The summed E-state index contributed by atoms with van der Waals surface area (Å²) in [6.07, 6.45) is 0.422. The van der Waals surface area contributed by atoms with Crippen molar-refractivity contribution in [3.63, 3.8) is 0 Å². The maximum Gasteiger partial charge on any atom is 0.224 e. The number of rotatable bonds is 4. The van der Waals surface area contributed by atoms with Gasteiger partial charge in [-0.25, -0.2) is 0 Å². The largest absolute Gasteiger partial charge is 0.338 e. The molecular weight excluding hydrogens is 208 g/mol. The number of amides is 1. The molecule has 1 unspecified atom stereocenters. The summed E-state index contributed by atoms with van der Waals surface area (Å²) in [6, 6.07) is 4.30. The minimum atomic E-state index is 0.107. The molecule has 1 amide bonds. The van der Waals surface area contributed by atoms with Crippen molar-refractivity contribution in [1.29, 1.82) is 0 Å². The standard InChI is InChI=1S/C11H18N2OS/c1-8-4-5-10(15-8)9(2)13(3)11(14)6-7-12/h4-5,9H,6-7,12H2,1-3H3. The van der Waals surface area contributed by atoms with Crippen LogP contribution in [0.1, 0.15) is 29.1 Å². The molecule has 1 aromatic heterocycles. The van der Waals surface area contributed by atoms with Crippen molar-refractivity contribution in [2.24, 2.45) is 5.73 Å². The molecule has 0 aliphatic heterocycles. The van der Waals surface area contributed by atoms with Crippen molar-refractivity contribution in [2.45, 2.75) is 26.3 Å². The van der Waals surface area contributed by atoms with Gasteiger partial charge < -0.3 is 10.6 Å². The van der Waals surface area contributed by atoms with Crippen LogP contribution in [-0.2, 0) is 4.79 Å². The molecule has 0 spiro atoms. The van der Waals surface area contributed by atoms with Crippen molar-refractivity contribution in [3.05, 3.63) is 21.9 Å². The van der Waals surface area contributed by atoms with Gasteiger partial charge in [0.05, 0.1) is 6.04 Å². The zero-order valence-corrected chi connectivity index (χ0v) is 10.3. The van der Waals surface area contributed by atoms with E-state index in [4.69, 9.17) is 5.73 Å². The molecule has 1 aromatic rings. The van der Waals surface area contributed by atoms with Crippen molar-refractivity contribution in [3.8, 4) is 0 Å². The Morgan fingerprint density at radius 3 is 2.73 bits per heavy atom. The lowest BCUT2D eigenvalue weighted by atomic mass is 10.2. The molecule has 0 aliphatic rings. The summed E-state index contributed by atoms with van der Waals surface area (Å²) in [5, 5.41) is 0. The van der Waals surface area contributed by atoms with Crippen molar-refractivity contribution in [2.75, 3.05) is 13.6 Å². The third-order valence-corrected chi connectivity index (χ3v) is 3.68. The van der Waals surface area contributed by atoms with Crippen LogP contribution in [-0.4, -0.2) is 24.4 Å². The summed E-state index contributed by atoms with van der Waals surface area (Å²) in [6.45, 7) is 4.53. The number of carbonyl (C=O) groups is 1. The molecule has 4 heteroatoms. The zero-order chi connectivity index (χ0) is 11.4. The van der Waals surface area contributed by atoms with Gasteiger partial charge in [-0.1, -0.05) is 0 Å². The van der Waals surface area contributed by atoms with Gasteiger partial charge in [0.15, 0.2) is 0 Å². The van der Waals surface area contributed by atoms with Crippen LogP contribution in [0.4, 0.5) is 0 Å². The smallest absolute Gasteiger partial charge is 0.224 e. The van der Waals surface area contributed by atoms with Crippen molar-refractivity contribution in [1.82, 2.24) is 4.90 Å². The quantitative estimate of drug-likeness (QED) is 0.852. The van der Waals surface area contributed by atoms with E-state index in [1.807, 2.05) is 14.0 Å². The molecule has 0 aliphatic carbocycles. The van der Waals surface area contributed by atoms with Crippen LogP contribution in [0.15, 0.2) is 12.1 Å². The summed E-state index contributed by atoms with van der Waals surface area (Å²) in [7, 11) is 1.83. The molecule has 2 N–H and O–H groups in total. The van der Waals surface area contributed by atoms with E-state index in [0.29, 0.717) is 13.0 Å². The first kappa shape index (κ1) is 12.2. The Bertz CT molecular complexity index is 335. The minimum absolute atomic E-state index is 0.107. The summed E-state index contributed by atoms with van der Waals surface area (Å²) < 4.78 is 0. The fraction of sp³-hybridized carbons (Fsp3) is 0.545. The van der Waals surface area contributed by atoms with Gasteiger partial charge in [-0.15, -0.1) is 11.3 Å². The second-order valence-electron chi connectivity index (χ2n) is 3.67. The topological polar surface area (TPSA) is 46.3 Å². The summed E-state index contributed by atoms with van der Waals surface area (Å²) in [4.78, 5) is 15.9. The number of hydrogen-bond acceptors (Lipinski definition) is 3. The van der Waals surface area contributed by atoms with Gasteiger partial charge in [-0.05, 0) is 26.0 Å². The monoisotopic (exact) mass is 226 g/mol. The Balaban J connectivity index is 2.67. The van der Waals surface area contributed by atoms with Crippen LogP contribution in [0.25, 0.3) is 0 Å². The molecule has 1 heterocycles. The molecule has 1 rings (SSSR count). The minimum Gasteiger partial charge on any atom is -0.338 e. The lowest BCUT2D eigenvalue weighted by molar-refractivity contribution is -0.131. The highest BCUT2D eigenvalue weighted by Gasteiger charge is 2.17. The van der Waals surface area contributed by atoms with E-state index in [1.165, 1.54) is 9.75 Å². The first-order valence-corrected chi connectivity index (χ1v) is 5.90. The Morgan fingerprint density at radius 2 is 2.27 bits per heavy atom. The van der Waals surface area contributed by atoms with Crippen LogP contribution >= 0.6 is 11.3 Å². The van der Waals surface area contributed by atoms with E-state index in [0.717, 1.165) is 0 Å². The Morgan fingerprint density at radius 1 is 1.60 bits per heavy atom. The number of hydrogen-bond donors (Lipinski definition) is 1. The molecular formula is C11H18N2OS. The van der Waals surface area contributed by atoms with Crippen LogP contribution in [0.2, 0.25) is 0 Å². The molecule has 0 fully saturated rings. The second-order valence-corrected chi connectivity index (χ2v) is 4.99. The lowest BCUT2D eigenvalue weighted by Crippen LogP contribution is -2.30. The number of thiophene rings is 1. The summed E-state index contributed by atoms with van der Waals surface area (Å²) >= 11 is 1.73. The Hall–Kier alpha value is -0.870. The predicted octanol–water partition coefficient (Wildman–Crippen LogP) is 1.92. The van der Waals surface area contributed by atoms with Crippen LogP contribution in [0.3, 0.4) is 0 Å². The van der Waals surface area contributed by atoms with E-state index in [9.17, 15) is 4.79 Å². The highest BCUT2D eigenvalue weighted by molar-refractivity contribution is 7.12. The van der Waals surface area contributed by atoms with E-state index in [-0.39, 0.29) is 11.9 Å². The van der Waals surface area contributed by atoms with E-state index >= 15 is 0 Å². The van der Waals surface area contributed by atoms with Gasteiger partial charge in [0.25, 0.3) is 0 Å². The third-order valence-electron chi connectivity index (χ3n) is 2.51. The zero-order valence-electron chi connectivity index (χ0n) is 9.49. The maximum absolute atomic E-state index is 11.6. The van der Waals surface area contributed by atoms with Gasteiger partial charge in [-0.3, -0.25) is 4.79 Å². The molecule has 0 bridgehead atoms. The Labute approximate surface area is 94.9 Å². The number of carbonyl (C=O) groups excluding carboxylic acids is 1. The molecule has 0 saturated carbocycles. The molecule has 1 atom stereocenters. The van der Waals surface area contributed by atoms with Crippen LogP contribution in [0, 0.1) is 6.92 Å². The summed E-state index contributed by atoms with van der Waals surface area (Å²) in [5.41, 5.74) is 5.37. The molecule has 0 radical (unpaired) electrons. The van der Waals surface area contributed by atoms with E-state index in [1.54, 1.807) is 16.2 Å². The number of aryl methyl sites for hydroxylation is 1. The van der Waals surface area contributed by atoms with Gasteiger partial charge in [0.2, 0.25) is 5.91 Å². The second kappa shape index (κ2) is 5.28. The fourth-order valence-corrected chi connectivity index (χ4v) is 2.36. The molecule has 15 heavy (non-hydrogen) atoms. The van der Waals surface area contributed by atoms with Gasteiger partial charge >= 0.3 is 0 Å². The molecule has 0 saturated heterocycles. The number of nitrogens with two attached hydrogens (primary N) is 1. The Kier molecular flexibility index (Phi) is 4.29. The first-order valence-electron chi connectivity index (χ1n) is 5.08. The molecule has 84 valence electrons. The first-order chi connectivity index (χ1) is 7.06. The van der Waals surface area contributed by atoms with Crippen molar-refractivity contribution >= 4 is 17.2 Å². The average Bonchev–Trinajstić information content (AvgIpc) is 2.63. The van der Waals surface area contributed by atoms with E-state index in [2.05, 4.69) is 19.1 Å². The lowest BCUT2D eigenvalue weighted by Gasteiger charge is -2.23. The van der Waals surface area contributed by atoms with Gasteiger partial charge in [0, 0.05) is 29.8 Å². The van der Waals surface area contributed by atoms with Gasteiger partial charge in [-0.2, -0.15) is 0 Å². The van der Waals surface area contributed by atoms with E-state index < -0.39 is 0 Å². The maximum atomic E-state index is 11.6. The highest BCUT2D eigenvalue weighted by atomic mass is 32.1. The summed E-state index contributed by atoms with van der Waals surface area (Å²) in [5.74, 6) is 0.107. The van der Waals surface area contributed by atoms with Crippen LogP contribution < -0.4 is 5.73 Å². The highest BCUT2D eigenvalue weighted by Crippen LogP contribution is 2.26. The fourth-order valence-electron chi connectivity index (χ4n) is 1.38. The third kappa shape index (κ3) is 3.04. The predicted molar refractivity (Wildman–Crippen MR) is 63.9 cm³/mol. The molecule has 3 nitrogen and oxygen atoms in total. The number of nitrogens with zero attached hydrogens (tertiary/aromatic N) is 1. The average molecular weight is 226 g/mol. The molecule has 0 aromatic carbocycles. The normalized spacial score (nSPS) is 12.5.